The first-order valence-electron chi connectivity index (χ1n) is 9.94. The Morgan fingerprint density at radius 1 is 1.03 bits per heavy atom. The van der Waals surface area contributed by atoms with Crippen LogP contribution in [0.15, 0.2) is 41.6 Å². The molecule has 1 aromatic carbocycles. The molecule has 156 valence electrons. The summed E-state index contributed by atoms with van der Waals surface area (Å²) in [7, 11) is -2.01. The molecule has 9 heteroatoms. The van der Waals surface area contributed by atoms with Crippen molar-refractivity contribution in [1.29, 1.82) is 0 Å². The maximum Gasteiger partial charge on any atom is 0.243 e. The second-order valence-corrected chi connectivity index (χ2v) is 9.27. The second kappa shape index (κ2) is 8.54. The Morgan fingerprint density at radius 3 is 2.52 bits per heavy atom. The van der Waals surface area contributed by atoms with Gasteiger partial charge in [-0.25, -0.2) is 18.4 Å². The number of rotatable bonds is 6. The van der Waals surface area contributed by atoms with Gasteiger partial charge in [-0.2, -0.15) is 4.31 Å². The Hall–Kier alpha value is -2.39. The summed E-state index contributed by atoms with van der Waals surface area (Å²) in [6, 6.07) is 8.29. The third kappa shape index (κ3) is 4.45. The molecule has 1 atom stereocenters. The van der Waals surface area contributed by atoms with E-state index in [2.05, 4.69) is 14.9 Å². The minimum Gasteiger partial charge on any atom is -0.497 e. The quantitative estimate of drug-likeness (QED) is 0.712. The number of methoxy groups -OCH3 is 1. The van der Waals surface area contributed by atoms with E-state index in [4.69, 9.17) is 9.47 Å². The fraction of sp³-hybridized carbons (Fsp3) is 0.500. The van der Waals surface area contributed by atoms with Crippen molar-refractivity contribution in [2.24, 2.45) is 0 Å². The van der Waals surface area contributed by atoms with Crippen molar-refractivity contribution < 1.29 is 17.9 Å². The SMILES string of the molecule is COc1ccc(S(=O)(=O)N2CCC(Oc3cc(N4CCCCC4)ncn3)C2)cc1. The summed E-state index contributed by atoms with van der Waals surface area (Å²) in [4.78, 5) is 11.1. The number of piperidine rings is 1. The van der Waals surface area contributed by atoms with Gasteiger partial charge in [0.1, 0.15) is 24.0 Å². The number of hydrogen-bond acceptors (Lipinski definition) is 7. The minimum atomic E-state index is -3.56. The molecule has 3 heterocycles. The molecule has 2 aliphatic rings. The standard InChI is InChI=1S/C20H26N4O4S/c1-27-16-5-7-18(8-6-16)29(25,26)24-12-9-17(14-24)28-20-13-19(21-15-22-20)23-10-3-2-4-11-23/h5-8,13,15,17H,2-4,9-12,14H2,1H3. The smallest absolute Gasteiger partial charge is 0.243 e. The molecule has 0 saturated carbocycles. The van der Waals surface area contributed by atoms with Crippen molar-refractivity contribution >= 4 is 15.8 Å². The Morgan fingerprint density at radius 2 is 1.79 bits per heavy atom. The van der Waals surface area contributed by atoms with Crippen LogP contribution in [-0.4, -0.2) is 62.1 Å². The van der Waals surface area contributed by atoms with Crippen LogP contribution in [0.2, 0.25) is 0 Å². The van der Waals surface area contributed by atoms with Gasteiger partial charge in [0, 0.05) is 25.7 Å². The topological polar surface area (TPSA) is 84.9 Å². The van der Waals surface area contributed by atoms with Crippen LogP contribution in [-0.2, 0) is 10.0 Å². The van der Waals surface area contributed by atoms with Gasteiger partial charge in [0.25, 0.3) is 0 Å². The number of benzene rings is 1. The summed E-state index contributed by atoms with van der Waals surface area (Å²) in [6.45, 7) is 2.71. The molecule has 29 heavy (non-hydrogen) atoms. The highest BCUT2D eigenvalue weighted by Gasteiger charge is 2.34. The molecule has 0 radical (unpaired) electrons. The molecule has 0 N–H and O–H groups in total. The molecule has 8 nitrogen and oxygen atoms in total. The molecule has 2 saturated heterocycles. The zero-order valence-electron chi connectivity index (χ0n) is 16.5. The van der Waals surface area contributed by atoms with Gasteiger partial charge in [0.15, 0.2) is 0 Å². The van der Waals surface area contributed by atoms with Gasteiger partial charge in [0.05, 0.1) is 18.6 Å². The fourth-order valence-electron chi connectivity index (χ4n) is 3.77. The van der Waals surface area contributed by atoms with Gasteiger partial charge in [-0.05, 0) is 49.9 Å². The average molecular weight is 419 g/mol. The van der Waals surface area contributed by atoms with Crippen LogP contribution in [0.4, 0.5) is 5.82 Å². The van der Waals surface area contributed by atoms with E-state index in [1.807, 2.05) is 6.07 Å². The fourth-order valence-corrected chi connectivity index (χ4v) is 5.26. The molecule has 4 rings (SSSR count). The first-order valence-corrected chi connectivity index (χ1v) is 11.4. The molecule has 0 spiro atoms. The molecular weight excluding hydrogens is 392 g/mol. The molecule has 0 bridgehead atoms. The summed E-state index contributed by atoms with van der Waals surface area (Å²) in [5, 5.41) is 0. The largest absolute Gasteiger partial charge is 0.497 e. The van der Waals surface area contributed by atoms with Crippen LogP contribution >= 0.6 is 0 Å². The van der Waals surface area contributed by atoms with E-state index in [1.54, 1.807) is 31.4 Å². The van der Waals surface area contributed by atoms with E-state index in [1.165, 1.54) is 29.9 Å². The first kappa shape index (κ1) is 19.9. The Bertz CT molecular complexity index is 930. The van der Waals surface area contributed by atoms with Gasteiger partial charge < -0.3 is 14.4 Å². The zero-order chi connectivity index (χ0) is 20.3. The van der Waals surface area contributed by atoms with Gasteiger partial charge in [-0.15, -0.1) is 0 Å². The summed E-state index contributed by atoms with van der Waals surface area (Å²) in [6.07, 6.45) is 5.50. The van der Waals surface area contributed by atoms with Crippen molar-refractivity contribution in [3.63, 3.8) is 0 Å². The van der Waals surface area contributed by atoms with E-state index >= 15 is 0 Å². The van der Waals surface area contributed by atoms with Crippen LogP contribution in [0.5, 0.6) is 11.6 Å². The van der Waals surface area contributed by atoms with E-state index in [-0.39, 0.29) is 11.0 Å². The lowest BCUT2D eigenvalue weighted by atomic mass is 10.1. The van der Waals surface area contributed by atoms with Gasteiger partial charge in [-0.3, -0.25) is 0 Å². The summed E-state index contributed by atoms with van der Waals surface area (Å²) in [5.41, 5.74) is 0. The minimum absolute atomic E-state index is 0.230. The maximum absolute atomic E-state index is 12.9. The predicted molar refractivity (Wildman–Crippen MR) is 109 cm³/mol. The van der Waals surface area contributed by atoms with E-state index in [0.29, 0.717) is 31.1 Å². The summed E-state index contributed by atoms with van der Waals surface area (Å²) < 4.78 is 38.3. The van der Waals surface area contributed by atoms with Crippen LogP contribution in [0.1, 0.15) is 25.7 Å². The van der Waals surface area contributed by atoms with Gasteiger partial charge in [-0.1, -0.05) is 0 Å². The highest BCUT2D eigenvalue weighted by atomic mass is 32.2. The van der Waals surface area contributed by atoms with Crippen molar-refractivity contribution in [1.82, 2.24) is 14.3 Å². The van der Waals surface area contributed by atoms with Gasteiger partial charge >= 0.3 is 0 Å². The van der Waals surface area contributed by atoms with Crippen LogP contribution in [0.3, 0.4) is 0 Å². The van der Waals surface area contributed by atoms with E-state index in [0.717, 1.165) is 18.9 Å². The number of sulfonamides is 1. The second-order valence-electron chi connectivity index (χ2n) is 7.33. The molecule has 2 aliphatic heterocycles. The summed E-state index contributed by atoms with van der Waals surface area (Å²) >= 11 is 0. The van der Waals surface area contributed by atoms with Crippen LogP contribution in [0.25, 0.3) is 0 Å². The highest BCUT2D eigenvalue weighted by Crippen LogP contribution is 2.26. The lowest BCUT2D eigenvalue weighted by molar-refractivity contribution is 0.206. The number of aromatic nitrogens is 2. The molecule has 1 unspecified atom stereocenters. The third-order valence-corrected chi connectivity index (χ3v) is 7.28. The van der Waals surface area contributed by atoms with Crippen LogP contribution < -0.4 is 14.4 Å². The van der Waals surface area contributed by atoms with Crippen LogP contribution in [0, 0.1) is 0 Å². The molecule has 1 aromatic heterocycles. The number of hydrogen-bond donors (Lipinski definition) is 0. The van der Waals surface area contributed by atoms with E-state index < -0.39 is 10.0 Å². The average Bonchev–Trinajstić information content (AvgIpc) is 3.24. The molecule has 2 fully saturated rings. The van der Waals surface area contributed by atoms with Crippen molar-refractivity contribution in [3.8, 4) is 11.6 Å². The lowest BCUT2D eigenvalue weighted by Gasteiger charge is -2.27. The summed E-state index contributed by atoms with van der Waals surface area (Å²) in [5.74, 6) is 1.99. The number of nitrogens with zero attached hydrogens (tertiary/aromatic N) is 4. The maximum atomic E-state index is 12.9. The lowest BCUT2D eigenvalue weighted by Crippen LogP contribution is -2.31. The van der Waals surface area contributed by atoms with Gasteiger partial charge in [0.2, 0.25) is 15.9 Å². The Kier molecular flexibility index (Phi) is 5.86. The molecule has 2 aromatic rings. The van der Waals surface area contributed by atoms with Crippen molar-refractivity contribution in [2.45, 2.75) is 36.7 Å². The molecule has 0 aliphatic carbocycles. The molecule has 0 amide bonds. The predicted octanol–water partition coefficient (Wildman–Crippen LogP) is 2.32. The highest BCUT2D eigenvalue weighted by molar-refractivity contribution is 7.89. The Labute approximate surface area is 171 Å². The molecular formula is C20H26N4O4S. The normalized spacial score (nSPS) is 20.6. The third-order valence-electron chi connectivity index (χ3n) is 5.40. The number of ether oxygens (including phenoxy) is 2. The zero-order valence-corrected chi connectivity index (χ0v) is 17.3. The number of anilines is 1. The van der Waals surface area contributed by atoms with E-state index in [9.17, 15) is 8.42 Å². The van der Waals surface area contributed by atoms with Crippen molar-refractivity contribution in [3.05, 3.63) is 36.7 Å². The van der Waals surface area contributed by atoms with Crippen molar-refractivity contribution in [2.75, 3.05) is 38.2 Å². The Balaban J connectivity index is 1.41. The monoisotopic (exact) mass is 418 g/mol. The first-order chi connectivity index (χ1) is 14.1.